The number of rotatable bonds is 10. The summed E-state index contributed by atoms with van der Waals surface area (Å²) in [4.78, 5) is 5.41. The van der Waals surface area contributed by atoms with Gasteiger partial charge in [-0.2, -0.15) is 5.10 Å². The molecule has 0 aliphatic rings. The number of aromatic nitrogens is 1. The average Bonchev–Trinajstić information content (AvgIpc) is 3.25. The molecule has 0 aliphatic carbocycles. The van der Waals surface area contributed by atoms with Crippen molar-refractivity contribution in [3.63, 3.8) is 0 Å². The van der Waals surface area contributed by atoms with E-state index in [9.17, 15) is 0 Å². The highest BCUT2D eigenvalue weighted by atomic mass is 32.1. The van der Waals surface area contributed by atoms with Crippen LogP contribution in [0.3, 0.4) is 0 Å². The van der Waals surface area contributed by atoms with Crippen LogP contribution in [-0.4, -0.2) is 59.1 Å². The van der Waals surface area contributed by atoms with Gasteiger partial charge in [-0.05, 0) is 43.3 Å². The van der Waals surface area contributed by atoms with E-state index < -0.39 is 0 Å². The largest absolute Gasteiger partial charge is 0.497 e. The number of methoxy groups -OCH3 is 5. The molecule has 9 heteroatoms. The fourth-order valence-corrected chi connectivity index (χ4v) is 4.09. The molecular weight excluding hydrogens is 442 g/mol. The van der Waals surface area contributed by atoms with E-state index in [1.54, 1.807) is 35.5 Å². The van der Waals surface area contributed by atoms with Gasteiger partial charge in [-0.3, -0.25) is 4.99 Å². The van der Waals surface area contributed by atoms with Crippen LogP contribution in [0.2, 0.25) is 0 Å². The Morgan fingerprint density at radius 1 is 0.879 bits per heavy atom. The Balaban J connectivity index is 2.22. The second kappa shape index (κ2) is 11.5. The van der Waals surface area contributed by atoms with Gasteiger partial charge in [-0.15, -0.1) is 11.3 Å². The molecule has 0 unspecified atom stereocenters. The molecule has 0 saturated heterocycles. The van der Waals surface area contributed by atoms with E-state index in [4.69, 9.17) is 28.8 Å². The van der Waals surface area contributed by atoms with E-state index in [1.807, 2.05) is 53.4 Å². The topological polar surface area (TPSA) is 75.8 Å². The Morgan fingerprint density at radius 2 is 1.55 bits per heavy atom. The summed E-state index contributed by atoms with van der Waals surface area (Å²) in [6.45, 7) is 2.96. The normalized spacial score (nSPS) is 12.1. The number of hydrogen-bond donors (Lipinski definition) is 0. The zero-order valence-corrected chi connectivity index (χ0v) is 20.6. The van der Waals surface area contributed by atoms with Gasteiger partial charge in [-0.1, -0.05) is 0 Å². The van der Waals surface area contributed by atoms with Crippen molar-refractivity contribution < 1.29 is 23.7 Å². The van der Waals surface area contributed by atoms with Crippen molar-refractivity contribution in [1.82, 2.24) is 4.68 Å². The Labute approximate surface area is 197 Å². The monoisotopic (exact) mass is 471 g/mol. The first-order valence-corrected chi connectivity index (χ1v) is 11.1. The van der Waals surface area contributed by atoms with Crippen LogP contribution in [0.15, 0.2) is 51.9 Å². The molecule has 2 aromatic carbocycles. The van der Waals surface area contributed by atoms with Crippen molar-refractivity contribution in [3.05, 3.63) is 52.1 Å². The fourth-order valence-electron chi connectivity index (χ4n) is 3.24. The Kier molecular flexibility index (Phi) is 8.51. The van der Waals surface area contributed by atoms with Gasteiger partial charge in [0.1, 0.15) is 23.0 Å². The zero-order chi connectivity index (χ0) is 23.8. The minimum absolute atomic E-state index is 0.516. The van der Waals surface area contributed by atoms with Crippen LogP contribution in [0, 0.1) is 0 Å². The molecule has 3 rings (SSSR count). The molecule has 1 aromatic heterocycles. The molecule has 176 valence electrons. The molecule has 1 heterocycles. The smallest absolute Gasteiger partial charge is 0.206 e. The second-order valence-corrected chi connectivity index (χ2v) is 7.74. The lowest BCUT2D eigenvalue weighted by Gasteiger charge is -2.13. The second-order valence-electron chi connectivity index (χ2n) is 6.91. The van der Waals surface area contributed by atoms with Crippen LogP contribution in [-0.2, 0) is 4.74 Å². The molecule has 0 radical (unpaired) electrons. The summed E-state index contributed by atoms with van der Waals surface area (Å²) in [6, 6.07) is 11.3. The van der Waals surface area contributed by atoms with Gasteiger partial charge in [0, 0.05) is 23.6 Å². The summed E-state index contributed by atoms with van der Waals surface area (Å²) in [5.41, 5.74) is 3.23. The SMILES string of the molecule is COCCN=c1scc(-c2cc(OC)ccc2OC)n1/N=C(\C)c1cc(OC)ccc1OC. The van der Waals surface area contributed by atoms with Gasteiger partial charge in [0.25, 0.3) is 0 Å². The first kappa shape index (κ1) is 24.3. The highest BCUT2D eigenvalue weighted by Crippen LogP contribution is 2.34. The summed E-state index contributed by atoms with van der Waals surface area (Å²) < 4.78 is 29.0. The Hall–Kier alpha value is -3.30. The molecule has 0 saturated carbocycles. The van der Waals surface area contributed by atoms with Crippen LogP contribution in [0.1, 0.15) is 12.5 Å². The lowest BCUT2D eigenvalue weighted by atomic mass is 10.1. The average molecular weight is 472 g/mol. The summed E-state index contributed by atoms with van der Waals surface area (Å²) >= 11 is 1.49. The van der Waals surface area contributed by atoms with Gasteiger partial charge < -0.3 is 23.7 Å². The molecule has 0 atom stereocenters. The molecular formula is C24H29N3O5S. The minimum Gasteiger partial charge on any atom is -0.497 e. The molecule has 33 heavy (non-hydrogen) atoms. The lowest BCUT2D eigenvalue weighted by molar-refractivity contribution is 0.207. The standard InChI is InChI=1S/C24H29N3O5S/c1-16(19-13-17(29-3)7-9-22(19)31-5)26-27-21(15-33-24(27)25-11-12-28-2)20-14-18(30-4)8-10-23(20)32-6/h7-10,13-15H,11-12H2,1-6H3/b25-24?,26-16+. The van der Waals surface area contributed by atoms with E-state index in [-0.39, 0.29) is 0 Å². The lowest BCUT2D eigenvalue weighted by Crippen LogP contribution is -2.16. The third-order valence-electron chi connectivity index (χ3n) is 4.96. The van der Waals surface area contributed by atoms with Crippen LogP contribution in [0.4, 0.5) is 0 Å². The quantitative estimate of drug-likeness (QED) is 0.329. The molecule has 3 aromatic rings. The van der Waals surface area contributed by atoms with Crippen molar-refractivity contribution in [3.8, 4) is 34.3 Å². The van der Waals surface area contributed by atoms with E-state index in [2.05, 4.69) is 4.99 Å². The van der Waals surface area contributed by atoms with Crippen LogP contribution in [0.5, 0.6) is 23.0 Å². The number of thiazole rings is 1. The summed E-state index contributed by atoms with van der Waals surface area (Å²) in [5, 5.41) is 6.94. The number of ether oxygens (including phenoxy) is 5. The molecule has 0 fully saturated rings. The summed E-state index contributed by atoms with van der Waals surface area (Å²) in [5.74, 6) is 2.84. The summed E-state index contributed by atoms with van der Waals surface area (Å²) in [7, 11) is 8.19. The third kappa shape index (κ3) is 5.55. The van der Waals surface area contributed by atoms with Crippen molar-refractivity contribution in [2.24, 2.45) is 10.1 Å². The highest BCUT2D eigenvalue weighted by molar-refractivity contribution is 7.07. The first-order chi connectivity index (χ1) is 16.1. The van der Waals surface area contributed by atoms with Crippen molar-refractivity contribution in [2.45, 2.75) is 6.92 Å². The fraction of sp³-hybridized carbons (Fsp3) is 0.333. The molecule has 8 nitrogen and oxygen atoms in total. The first-order valence-electron chi connectivity index (χ1n) is 10.3. The van der Waals surface area contributed by atoms with E-state index in [0.29, 0.717) is 24.7 Å². The maximum absolute atomic E-state index is 5.62. The van der Waals surface area contributed by atoms with Gasteiger partial charge in [0.2, 0.25) is 4.80 Å². The predicted molar refractivity (Wildman–Crippen MR) is 130 cm³/mol. The van der Waals surface area contributed by atoms with Gasteiger partial charge in [-0.25, -0.2) is 4.68 Å². The van der Waals surface area contributed by atoms with Gasteiger partial charge in [0.05, 0.1) is 53.0 Å². The summed E-state index contributed by atoms with van der Waals surface area (Å²) in [6.07, 6.45) is 0. The van der Waals surface area contributed by atoms with E-state index >= 15 is 0 Å². The van der Waals surface area contributed by atoms with Crippen LogP contribution >= 0.6 is 11.3 Å². The molecule has 0 N–H and O–H groups in total. The molecule has 0 aliphatic heterocycles. The van der Waals surface area contributed by atoms with Crippen LogP contribution < -0.4 is 23.7 Å². The Morgan fingerprint density at radius 3 is 2.18 bits per heavy atom. The third-order valence-corrected chi connectivity index (χ3v) is 5.81. The highest BCUT2D eigenvalue weighted by Gasteiger charge is 2.16. The van der Waals surface area contributed by atoms with Crippen LogP contribution in [0.25, 0.3) is 11.3 Å². The Bertz CT molecular complexity index is 1180. The number of hydrogen-bond acceptors (Lipinski definition) is 8. The maximum atomic E-state index is 5.62. The van der Waals surface area contributed by atoms with Crippen molar-refractivity contribution >= 4 is 17.0 Å². The van der Waals surface area contributed by atoms with Gasteiger partial charge in [0.15, 0.2) is 0 Å². The predicted octanol–water partition coefficient (Wildman–Crippen LogP) is 4.07. The maximum Gasteiger partial charge on any atom is 0.206 e. The zero-order valence-electron chi connectivity index (χ0n) is 19.7. The van der Waals surface area contributed by atoms with E-state index in [0.717, 1.165) is 38.8 Å². The van der Waals surface area contributed by atoms with Crippen molar-refractivity contribution in [2.75, 3.05) is 48.7 Å². The van der Waals surface area contributed by atoms with Gasteiger partial charge >= 0.3 is 0 Å². The molecule has 0 bridgehead atoms. The minimum atomic E-state index is 0.516. The molecule has 0 spiro atoms. The van der Waals surface area contributed by atoms with Crippen molar-refractivity contribution in [1.29, 1.82) is 0 Å². The molecule has 0 amide bonds. The van der Waals surface area contributed by atoms with E-state index in [1.165, 1.54) is 11.3 Å². The number of nitrogens with zero attached hydrogens (tertiary/aromatic N) is 3. The number of benzene rings is 2.